The molecule has 1 fully saturated rings. The van der Waals surface area contributed by atoms with Gasteiger partial charge in [-0.2, -0.15) is 4.31 Å². The van der Waals surface area contributed by atoms with Gasteiger partial charge in [0.05, 0.1) is 24.2 Å². The van der Waals surface area contributed by atoms with Gasteiger partial charge in [0.2, 0.25) is 10.0 Å². The molecule has 4 atom stereocenters. The second-order valence-corrected chi connectivity index (χ2v) is 12.8. The Kier molecular flexibility index (Phi) is 13.8. The average Bonchev–Trinajstić information content (AvgIpc) is 3.35. The van der Waals surface area contributed by atoms with Gasteiger partial charge in [-0.25, -0.2) is 13.2 Å². The van der Waals surface area contributed by atoms with E-state index < -0.39 is 48.7 Å². The number of carbonyl (C=O) groups excluding carboxylic acids is 1. The molecule has 0 radical (unpaired) electrons. The fourth-order valence-electron chi connectivity index (χ4n) is 4.16. The summed E-state index contributed by atoms with van der Waals surface area (Å²) in [6.45, 7) is 3.77. The molecule has 216 valence electrons. The second kappa shape index (κ2) is 15.8. The van der Waals surface area contributed by atoms with Crippen molar-refractivity contribution in [3.63, 3.8) is 0 Å². The van der Waals surface area contributed by atoms with Crippen LogP contribution in [0.2, 0.25) is 0 Å². The number of anilines is 1. The average molecular weight is 625 g/mol. The van der Waals surface area contributed by atoms with Gasteiger partial charge in [-0.1, -0.05) is 44.2 Å². The maximum atomic E-state index is 13.6. The Morgan fingerprint density at radius 1 is 1.20 bits per heavy atom. The Balaban J connectivity index is 0.00000560. The number of sulfonamides is 1. The zero-order valence-electron chi connectivity index (χ0n) is 22.5. The number of hydrogen-bond acceptors (Lipinski definition) is 9. The zero-order chi connectivity index (χ0) is 28.6. The van der Waals surface area contributed by atoms with E-state index in [-0.39, 0.29) is 68.1 Å². The number of rotatable bonds is 13. The Morgan fingerprint density at radius 2 is 1.85 bits per heavy atom. The van der Waals surface area contributed by atoms with E-state index in [1.165, 1.54) is 24.3 Å². The van der Waals surface area contributed by atoms with E-state index in [4.69, 9.17) is 19.7 Å². The van der Waals surface area contributed by atoms with Gasteiger partial charge in [0.25, 0.3) is 7.82 Å². The summed E-state index contributed by atoms with van der Waals surface area (Å²) in [7, 11) is -9.53. The summed E-state index contributed by atoms with van der Waals surface area (Å²) in [6.07, 6.45) is -2.28. The quantitative estimate of drug-likeness (QED) is 0.168. The molecule has 3 rings (SSSR count). The molecule has 0 saturated carbocycles. The van der Waals surface area contributed by atoms with Crippen LogP contribution in [-0.4, -0.2) is 106 Å². The summed E-state index contributed by atoms with van der Waals surface area (Å²) < 4.78 is 55.9. The number of nitrogens with zero attached hydrogens (tertiary/aromatic N) is 1. The van der Waals surface area contributed by atoms with Crippen molar-refractivity contribution in [2.24, 2.45) is 5.92 Å². The van der Waals surface area contributed by atoms with E-state index in [1.807, 2.05) is 0 Å². The summed E-state index contributed by atoms with van der Waals surface area (Å²) in [6, 6.07) is 13.3. The number of nitrogens with one attached hydrogen (secondary N) is 1. The molecule has 2 aromatic carbocycles. The molecule has 15 heteroatoms. The fourth-order valence-corrected chi connectivity index (χ4v) is 6.33. The number of nitrogen functional groups attached to an aromatic ring is 1. The van der Waals surface area contributed by atoms with E-state index >= 15 is 0 Å². The summed E-state index contributed by atoms with van der Waals surface area (Å²) in [5.41, 5.74) is 6.79. The van der Waals surface area contributed by atoms with Crippen LogP contribution in [0.3, 0.4) is 0 Å². The van der Waals surface area contributed by atoms with Crippen molar-refractivity contribution in [3.05, 3.63) is 60.2 Å². The zero-order valence-corrected chi connectivity index (χ0v) is 26.5. The maximum absolute atomic E-state index is 13.6. The van der Waals surface area contributed by atoms with Crippen LogP contribution in [-0.2, 0) is 35.0 Å². The van der Waals surface area contributed by atoms with Crippen LogP contribution in [0.4, 0.5) is 10.5 Å². The third-order valence-electron chi connectivity index (χ3n) is 5.95. The van der Waals surface area contributed by atoms with Crippen LogP contribution >= 0.6 is 7.82 Å². The van der Waals surface area contributed by atoms with Gasteiger partial charge in [0.15, 0.2) is 0 Å². The van der Waals surface area contributed by atoms with Crippen molar-refractivity contribution in [2.75, 3.05) is 32.0 Å². The van der Waals surface area contributed by atoms with E-state index in [2.05, 4.69) is 5.32 Å². The number of benzene rings is 2. The molecule has 1 unspecified atom stereocenters. The van der Waals surface area contributed by atoms with Gasteiger partial charge < -0.3 is 34.8 Å². The van der Waals surface area contributed by atoms with Crippen LogP contribution in [0.25, 0.3) is 0 Å². The molecule has 1 aliphatic rings. The Labute approximate surface area is 264 Å². The minimum atomic E-state index is -5.37. The summed E-state index contributed by atoms with van der Waals surface area (Å²) in [5.74, 6) is -0.157. The monoisotopic (exact) mass is 624 g/mol. The smallest absolute Gasteiger partial charge is 0.756 e. The first-order chi connectivity index (χ1) is 18.3. The molecule has 1 saturated heterocycles. The first-order valence-corrected chi connectivity index (χ1v) is 15.4. The van der Waals surface area contributed by atoms with Crippen LogP contribution in [0.15, 0.2) is 59.5 Å². The molecule has 0 aliphatic carbocycles. The predicted molar refractivity (Wildman–Crippen MR) is 148 cm³/mol. The number of ether oxygens (including phenoxy) is 2. The first kappa shape index (κ1) is 34.9. The fraction of sp³-hybridized carbons (Fsp3) is 0.480. The van der Waals surface area contributed by atoms with Gasteiger partial charge in [-0.05, 0) is 42.2 Å². The summed E-state index contributed by atoms with van der Waals surface area (Å²) in [4.78, 5) is 34.3. The van der Waals surface area contributed by atoms with Gasteiger partial charge in [0.1, 0.15) is 12.2 Å². The normalized spacial score (nSPS) is 18.5. The summed E-state index contributed by atoms with van der Waals surface area (Å²) in [5, 5.41) is 2.62. The summed E-state index contributed by atoms with van der Waals surface area (Å²) >= 11 is 0. The van der Waals surface area contributed by atoms with Crippen LogP contribution in [0.1, 0.15) is 25.8 Å². The molecule has 2 aromatic rings. The molecular weight excluding hydrogens is 589 g/mol. The van der Waals surface area contributed by atoms with Crippen molar-refractivity contribution in [2.45, 2.75) is 49.8 Å². The standard InChI is InChI=1S/C25H36N3O9PS.Ca/c1-18(2)15-28(39(33,34)22-10-8-20(26)9-11-22)16-24(37-38(30,31)32)23(14-19-6-4-3-5-7-19)27-25(29)36-21-12-13-35-17-21;/h3-11,18,21,23-24H,12-17,26H2,1-2H3,(H,27,29)(H2,30,31,32);/q;+2/p-1/t21-,23+,24-;/m1./s1. The molecule has 12 nitrogen and oxygen atoms in total. The Bertz CT molecular complexity index is 1220. The van der Waals surface area contributed by atoms with Crippen LogP contribution in [0.5, 0.6) is 0 Å². The van der Waals surface area contributed by atoms with E-state index in [1.54, 1.807) is 44.2 Å². The molecule has 1 aliphatic heterocycles. The van der Waals surface area contributed by atoms with E-state index in [0.29, 0.717) is 24.3 Å². The number of alkyl carbamates (subject to hydrolysis) is 1. The minimum Gasteiger partial charge on any atom is -0.756 e. The molecule has 0 spiro atoms. The molecule has 40 heavy (non-hydrogen) atoms. The molecule has 1 amide bonds. The molecule has 0 bridgehead atoms. The number of carbonyl (C=O) groups is 1. The largest absolute Gasteiger partial charge is 2.00 e. The third-order valence-corrected chi connectivity index (χ3v) is 8.33. The topological polar surface area (TPSA) is 181 Å². The molecule has 4 N–H and O–H groups in total. The van der Waals surface area contributed by atoms with Crippen molar-refractivity contribution in [1.29, 1.82) is 0 Å². The van der Waals surface area contributed by atoms with Crippen LogP contribution in [0, 0.1) is 5.92 Å². The van der Waals surface area contributed by atoms with Gasteiger partial charge in [-0.3, -0.25) is 4.57 Å². The number of hydrogen-bond donors (Lipinski definition) is 3. The minimum absolute atomic E-state index is 0. The number of nitrogens with two attached hydrogens (primary N) is 1. The van der Waals surface area contributed by atoms with Crippen molar-refractivity contribution in [1.82, 2.24) is 9.62 Å². The first-order valence-electron chi connectivity index (χ1n) is 12.5. The number of amides is 1. The third kappa shape index (κ3) is 11.2. The SMILES string of the molecule is CC(C)CN(C[C@@H](OP(=O)([O-])O)[C@H](Cc1ccccc1)NC(=O)O[C@@H]1CCOC1)S(=O)(=O)c1ccc(N)cc1.[Ca+2]. The Hall–Kier alpha value is -1.25. The molecular formula is C25H35CaN3O9PS+. The van der Waals surface area contributed by atoms with Gasteiger partial charge >= 0.3 is 43.8 Å². The Morgan fingerprint density at radius 3 is 2.40 bits per heavy atom. The van der Waals surface area contributed by atoms with Crippen molar-refractivity contribution in [3.8, 4) is 0 Å². The van der Waals surface area contributed by atoms with Gasteiger partial charge in [0, 0.05) is 25.2 Å². The second-order valence-electron chi connectivity index (χ2n) is 9.73. The molecule has 1 heterocycles. The number of phosphoric ester groups is 1. The molecule has 0 aromatic heterocycles. The van der Waals surface area contributed by atoms with E-state index in [0.717, 1.165) is 4.31 Å². The predicted octanol–water partition coefficient (Wildman–Crippen LogP) is 1.51. The van der Waals surface area contributed by atoms with Crippen LogP contribution < -0.4 is 15.9 Å². The van der Waals surface area contributed by atoms with Crippen molar-refractivity contribution >= 4 is 67.4 Å². The van der Waals surface area contributed by atoms with Gasteiger partial charge in [-0.15, -0.1) is 0 Å². The number of phosphoric acid groups is 1. The van der Waals surface area contributed by atoms with Crippen molar-refractivity contribution < 1.29 is 41.6 Å². The maximum Gasteiger partial charge on any atom is 2.00 e. The van der Waals surface area contributed by atoms with E-state index in [9.17, 15) is 27.6 Å².